The highest BCUT2D eigenvalue weighted by molar-refractivity contribution is 5.19. The second-order valence-electron chi connectivity index (χ2n) is 3.50. The molecule has 2 rings (SSSR count). The van der Waals surface area contributed by atoms with Crippen molar-refractivity contribution in [3.8, 4) is 0 Å². The fourth-order valence-corrected chi connectivity index (χ4v) is 1.44. The fraction of sp³-hybridized carbons (Fsp3) is 0.400. The van der Waals surface area contributed by atoms with Crippen molar-refractivity contribution in [1.82, 2.24) is 19.3 Å². The molecule has 0 bridgehead atoms. The molecular formula is C10H14N4O. The lowest BCUT2D eigenvalue weighted by Gasteiger charge is -2.03. The Bertz CT molecular complexity index is 446. The highest BCUT2D eigenvalue weighted by atomic mass is 16.3. The molecule has 0 aliphatic carbocycles. The minimum Gasteiger partial charge on any atom is -0.382 e. The highest BCUT2D eigenvalue weighted by Gasteiger charge is 2.14. The van der Waals surface area contributed by atoms with Crippen molar-refractivity contribution in [3.05, 3.63) is 36.2 Å². The van der Waals surface area contributed by atoms with E-state index in [0.717, 1.165) is 12.1 Å². The Labute approximate surface area is 88.0 Å². The summed E-state index contributed by atoms with van der Waals surface area (Å²) in [6, 6.07) is 0. The Morgan fingerprint density at radius 3 is 2.80 bits per heavy atom. The summed E-state index contributed by atoms with van der Waals surface area (Å²) < 4.78 is 3.59. The smallest absolute Gasteiger partial charge is 0.126 e. The van der Waals surface area contributed by atoms with Crippen LogP contribution in [0.15, 0.2) is 24.9 Å². The van der Waals surface area contributed by atoms with Crippen molar-refractivity contribution in [3.63, 3.8) is 0 Å². The van der Waals surface area contributed by atoms with Crippen molar-refractivity contribution in [2.24, 2.45) is 7.05 Å². The molecule has 2 aromatic rings. The van der Waals surface area contributed by atoms with E-state index in [9.17, 15) is 5.11 Å². The van der Waals surface area contributed by atoms with Gasteiger partial charge in [-0.1, -0.05) is 0 Å². The number of aliphatic hydroxyl groups excluding tert-OH is 1. The van der Waals surface area contributed by atoms with E-state index < -0.39 is 6.10 Å². The van der Waals surface area contributed by atoms with Crippen molar-refractivity contribution in [2.45, 2.75) is 19.6 Å². The van der Waals surface area contributed by atoms with E-state index in [-0.39, 0.29) is 0 Å². The van der Waals surface area contributed by atoms with Gasteiger partial charge < -0.3 is 9.67 Å². The number of rotatable bonds is 3. The van der Waals surface area contributed by atoms with Crippen LogP contribution < -0.4 is 0 Å². The van der Waals surface area contributed by atoms with Gasteiger partial charge in [-0.05, 0) is 6.92 Å². The third-order valence-corrected chi connectivity index (χ3v) is 2.30. The zero-order chi connectivity index (χ0) is 10.8. The number of aromatic nitrogens is 4. The molecule has 80 valence electrons. The van der Waals surface area contributed by atoms with E-state index >= 15 is 0 Å². The molecule has 2 aromatic heterocycles. The Hall–Kier alpha value is -1.62. The molecule has 5 heteroatoms. The summed E-state index contributed by atoms with van der Waals surface area (Å²) in [6.07, 6.45) is 6.28. The van der Waals surface area contributed by atoms with E-state index in [2.05, 4.69) is 10.1 Å². The fourth-order valence-electron chi connectivity index (χ4n) is 1.44. The Morgan fingerprint density at radius 1 is 1.47 bits per heavy atom. The van der Waals surface area contributed by atoms with Gasteiger partial charge in [-0.2, -0.15) is 5.10 Å². The standard InChI is InChI=1S/C10H14N4O/c1-3-14-5-8(4-12-14)10(15)9-6-13(2)7-11-9/h4-7,10,15H,3H2,1-2H3. The monoisotopic (exact) mass is 206 g/mol. The van der Waals surface area contributed by atoms with E-state index in [1.807, 2.05) is 24.7 Å². The third kappa shape index (κ3) is 1.92. The summed E-state index contributed by atoms with van der Waals surface area (Å²) in [5.41, 5.74) is 1.42. The van der Waals surface area contributed by atoms with Crippen LogP contribution in [0, 0.1) is 0 Å². The normalized spacial score (nSPS) is 13.0. The van der Waals surface area contributed by atoms with Gasteiger partial charge in [0, 0.05) is 31.5 Å². The second kappa shape index (κ2) is 3.86. The molecule has 5 nitrogen and oxygen atoms in total. The molecule has 0 saturated heterocycles. The van der Waals surface area contributed by atoms with Crippen molar-refractivity contribution < 1.29 is 5.11 Å². The van der Waals surface area contributed by atoms with Gasteiger partial charge in [-0.15, -0.1) is 0 Å². The van der Waals surface area contributed by atoms with Crippen LogP contribution in [0.1, 0.15) is 24.3 Å². The van der Waals surface area contributed by atoms with Gasteiger partial charge in [0.05, 0.1) is 18.2 Å². The average Bonchev–Trinajstić information content (AvgIpc) is 2.84. The van der Waals surface area contributed by atoms with Crippen molar-refractivity contribution >= 4 is 0 Å². The predicted molar refractivity (Wildman–Crippen MR) is 55.2 cm³/mol. The molecule has 0 spiro atoms. The lowest BCUT2D eigenvalue weighted by Crippen LogP contribution is -1.99. The van der Waals surface area contributed by atoms with Crippen molar-refractivity contribution in [1.29, 1.82) is 0 Å². The minimum atomic E-state index is -0.688. The van der Waals surface area contributed by atoms with Gasteiger partial charge in [0.25, 0.3) is 0 Å². The van der Waals surface area contributed by atoms with E-state index in [1.165, 1.54) is 0 Å². The Balaban J connectivity index is 2.23. The van der Waals surface area contributed by atoms with Crippen LogP contribution in [0.3, 0.4) is 0 Å². The molecular weight excluding hydrogens is 192 g/mol. The number of hydrogen-bond acceptors (Lipinski definition) is 3. The first-order valence-corrected chi connectivity index (χ1v) is 4.89. The molecule has 2 heterocycles. The summed E-state index contributed by atoms with van der Waals surface area (Å²) in [4.78, 5) is 4.10. The van der Waals surface area contributed by atoms with E-state index in [1.54, 1.807) is 23.4 Å². The van der Waals surface area contributed by atoms with E-state index in [0.29, 0.717) is 5.69 Å². The molecule has 0 aliphatic heterocycles. The van der Waals surface area contributed by atoms with Gasteiger partial charge in [0.15, 0.2) is 0 Å². The predicted octanol–water partition coefficient (Wildman–Crippen LogP) is 0.718. The molecule has 1 unspecified atom stereocenters. The van der Waals surface area contributed by atoms with Crippen molar-refractivity contribution in [2.75, 3.05) is 0 Å². The zero-order valence-corrected chi connectivity index (χ0v) is 8.83. The van der Waals surface area contributed by atoms with Gasteiger partial charge in [-0.25, -0.2) is 4.98 Å². The topological polar surface area (TPSA) is 55.9 Å². The highest BCUT2D eigenvalue weighted by Crippen LogP contribution is 2.18. The number of imidazole rings is 1. The third-order valence-electron chi connectivity index (χ3n) is 2.30. The van der Waals surface area contributed by atoms with Crippen LogP contribution in [0.25, 0.3) is 0 Å². The van der Waals surface area contributed by atoms with Crippen LogP contribution in [0.5, 0.6) is 0 Å². The maximum absolute atomic E-state index is 9.98. The Kier molecular flexibility index (Phi) is 2.55. The van der Waals surface area contributed by atoms with Gasteiger partial charge >= 0.3 is 0 Å². The van der Waals surface area contributed by atoms with Crippen LogP contribution in [-0.4, -0.2) is 24.4 Å². The number of hydrogen-bond donors (Lipinski definition) is 1. The van der Waals surface area contributed by atoms with Crippen LogP contribution in [0.4, 0.5) is 0 Å². The molecule has 0 aliphatic rings. The summed E-state index contributed by atoms with van der Waals surface area (Å²) in [5.74, 6) is 0. The lowest BCUT2D eigenvalue weighted by atomic mass is 10.1. The maximum Gasteiger partial charge on any atom is 0.126 e. The van der Waals surface area contributed by atoms with Gasteiger partial charge in [0.1, 0.15) is 6.10 Å². The number of aryl methyl sites for hydroxylation is 2. The van der Waals surface area contributed by atoms with E-state index in [4.69, 9.17) is 0 Å². The largest absolute Gasteiger partial charge is 0.382 e. The van der Waals surface area contributed by atoms with Crippen LogP contribution in [0.2, 0.25) is 0 Å². The van der Waals surface area contributed by atoms with Crippen LogP contribution >= 0.6 is 0 Å². The summed E-state index contributed by atoms with van der Waals surface area (Å²) >= 11 is 0. The molecule has 0 aromatic carbocycles. The first kappa shape index (κ1) is 9.92. The summed E-state index contributed by atoms with van der Waals surface area (Å²) in [7, 11) is 1.87. The first-order valence-electron chi connectivity index (χ1n) is 4.89. The number of nitrogens with zero attached hydrogens (tertiary/aromatic N) is 4. The molecule has 0 amide bonds. The Morgan fingerprint density at radius 2 is 2.27 bits per heavy atom. The summed E-state index contributed by atoms with van der Waals surface area (Å²) in [5, 5.41) is 14.1. The first-order chi connectivity index (χ1) is 7.20. The molecule has 0 radical (unpaired) electrons. The quantitative estimate of drug-likeness (QED) is 0.805. The van der Waals surface area contributed by atoms with Gasteiger partial charge in [0.2, 0.25) is 0 Å². The zero-order valence-electron chi connectivity index (χ0n) is 8.83. The molecule has 0 saturated carbocycles. The molecule has 1 atom stereocenters. The molecule has 0 fully saturated rings. The maximum atomic E-state index is 9.98. The van der Waals surface area contributed by atoms with Gasteiger partial charge in [-0.3, -0.25) is 4.68 Å². The molecule has 1 N–H and O–H groups in total. The SMILES string of the molecule is CCn1cc(C(O)c2cn(C)cn2)cn1. The second-order valence-corrected chi connectivity index (χ2v) is 3.50. The minimum absolute atomic E-state index is 0.646. The average molecular weight is 206 g/mol. The summed E-state index contributed by atoms with van der Waals surface area (Å²) in [6.45, 7) is 2.80. The lowest BCUT2D eigenvalue weighted by molar-refractivity contribution is 0.215. The van der Waals surface area contributed by atoms with Crippen LogP contribution in [-0.2, 0) is 13.6 Å². The number of aliphatic hydroxyl groups is 1. The molecule has 15 heavy (non-hydrogen) atoms.